The average molecular weight is 266 g/mol. The molecular formula is C14H22N2OS. The summed E-state index contributed by atoms with van der Waals surface area (Å²) in [5.41, 5.74) is 9.01. The Bertz CT molecular complexity index is 418. The molecule has 0 aromatic heterocycles. The van der Waals surface area contributed by atoms with Crippen LogP contribution in [0.1, 0.15) is 25.0 Å². The number of nitrogens with zero attached hydrogens (tertiary/aromatic N) is 1. The normalized spacial score (nSPS) is 10.7. The number of hydrogen-bond donors (Lipinski definition) is 1. The minimum atomic E-state index is 0.371. The van der Waals surface area contributed by atoms with Gasteiger partial charge in [-0.15, -0.1) is 0 Å². The van der Waals surface area contributed by atoms with Gasteiger partial charge in [0.15, 0.2) is 0 Å². The standard InChI is InChI=1S/C14H22N2OS/c1-10(2)16(7-8-17-4)13-6-5-11(3)9-12(13)14(15)18/h5-6,9-10H,7-8H2,1-4H3,(H2,15,18). The first-order chi connectivity index (χ1) is 8.47. The van der Waals surface area contributed by atoms with Gasteiger partial charge in [0, 0.05) is 30.9 Å². The molecule has 0 aliphatic carbocycles. The Morgan fingerprint density at radius 2 is 2.11 bits per heavy atom. The third-order valence-corrected chi connectivity index (χ3v) is 3.11. The molecule has 0 heterocycles. The summed E-state index contributed by atoms with van der Waals surface area (Å²) in [6.07, 6.45) is 0. The number of thiocarbonyl (C=S) groups is 1. The average Bonchev–Trinajstić information content (AvgIpc) is 2.30. The van der Waals surface area contributed by atoms with E-state index in [1.807, 2.05) is 13.0 Å². The van der Waals surface area contributed by atoms with Crippen LogP contribution in [0.4, 0.5) is 5.69 Å². The Morgan fingerprint density at radius 3 is 2.61 bits per heavy atom. The minimum Gasteiger partial charge on any atom is -0.389 e. The summed E-state index contributed by atoms with van der Waals surface area (Å²) in [6.45, 7) is 7.85. The second-order valence-electron chi connectivity index (χ2n) is 4.66. The maximum Gasteiger partial charge on any atom is 0.106 e. The molecule has 2 N–H and O–H groups in total. The lowest BCUT2D eigenvalue weighted by Crippen LogP contribution is -2.35. The summed E-state index contributed by atoms with van der Waals surface area (Å²) < 4.78 is 5.16. The van der Waals surface area contributed by atoms with E-state index in [0.29, 0.717) is 17.6 Å². The van der Waals surface area contributed by atoms with Crippen molar-refractivity contribution in [2.24, 2.45) is 5.73 Å². The zero-order chi connectivity index (χ0) is 13.7. The molecular weight excluding hydrogens is 244 g/mol. The Kier molecular flexibility index (Phi) is 5.56. The van der Waals surface area contributed by atoms with E-state index in [0.717, 1.165) is 23.4 Å². The van der Waals surface area contributed by atoms with E-state index in [9.17, 15) is 0 Å². The predicted molar refractivity (Wildman–Crippen MR) is 81.4 cm³/mol. The second-order valence-corrected chi connectivity index (χ2v) is 5.10. The molecule has 100 valence electrons. The molecule has 0 fully saturated rings. The van der Waals surface area contributed by atoms with Gasteiger partial charge in [-0.05, 0) is 32.9 Å². The molecule has 0 amide bonds. The Morgan fingerprint density at radius 1 is 1.44 bits per heavy atom. The van der Waals surface area contributed by atoms with Gasteiger partial charge in [0.25, 0.3) is 0 Å². The van der Waals surface area contributed by atoms with Gasteiger partial charge >= 0.3 is 0 Å². The molecule has 0 saturated carbocycles. The number of nitrogens with two attached hydrogens (primary N) is 1. The molecule has 0 bridgehead atoms. The molecule has 3 nitrogen and oxygen atoms in total. The van der Waals surface area contributed by atoms with E-state index in [1.54, 1.807) is 7.11 Å². The fraction of sp³-hybridized carbons (Fsp3) is 0.500. The first kappa shape index (κ1) is 14.9. The first-order valence-corrected chi connectivity index (χ1v) is 6.54. The van der Waals surface area contributed by atoms with E-state index < -0.39 is 0 Å². The number of aryl methyl sites for hydroxylation is 1. The Balaban J connectivity index is 3.14. The van der Waals surface area contributed by atoms with E-state index in [-0.39, 0.29) is 0 Å². The molecule has 18 heavy (non-hydrogen) atoms. The summed E-state index contributed by atoms with van der Waals surface area (Å²) in [4.78, 5) is 2.70. The van der Waals surface area contributed by atoms with Crippen LogP contribution >= 0.6 is 12.2 Å². The smallest absolute Gasteiger partial charge is 0.106 e. The van der Waals surface area contributed by atoms with Crippen molar-refractivity contribution in [3.63, 3.8) is 0 Å². The molecule has 0 radical (unpaired) electrons. The topological polar surface area (TPSA) is 38.5 Å². The second kappa shape index (κ2) is 6.71. The van der Waals surface area contributed by atoms with Gasteiger partial charge in [0.1, 0.15) is 4.99 Å². The van der Waals surface area contributed by atoms with Gasteiger partial charge in [0.05, 0.1) is 6.61 Å². The molecule has 0 aliphatic heterocycles. The largest absolute Gasteiger partial charge is 0.389 e. The van der Waals surface area contributed by atoms with Crippen molar-refractivity contribution in [3.8, 4) is 0 Å². The number of ether oxygens (including phenoxy) is 1. The first-order valence-electron chi connectivity index (χ1n) is 6.13. The van der Waals surface area contributed by atoms with Crippen LogP contribution < -0.4 is 10.6 Å². The van der Waals surface area contributed by atoms with Gasteiger partial charge in [-0.3, -0.25) is 0 Å². The monoisotopic (exact) mass is 266 g/mol. The Hall–Kier alpha value is -1.13. The van der Waals surface area contributed by atoms with Gasteiger partial charge in [-0.2, -0.15) is 0 Å². The van der Waals surface area contributed by atoms with Crippen molar-refractivity contribution in [2.45, 2.75) is 26.8 Å². The van der Waals surface area contributed by atoms with E-state index in [4.69, 9.17) is 22.7 Å². The van der Waals surface area contributed by atoms with Gasteiger partial charge in [0.2, 0.25) is 0 Å². The highest BCUT2D eigenvalue weighted by atomic mass is 32.1. The summed E-state index contributed by atoms with van der Waals surface area (Å²) in [5.74, 6) is 0. The minimum absolute atomic E-state index is 0.371. The quantitative estimate of drug-likeness (QED) is 0.803. The highest BCUT2D eigenvalue weighted by Crippen LogP contribution is 2.23. The van der Waals surface area contributed by atoms with Crippen LogP contribution in [0.25, 0.3) is 0 Å². The van der Waals surface area contributed by atoms with Gasteiger partial charge < -0.3 is 15.4 Å². The van der Waals surface area contributed by atoms with Gasteiger partial charge in [-0.1, -0.05) is 23.8 Å². The number of rotatable bonds is 6. The molecule has 1 rings (SSSR count). The van der Waals surface area contributed by atoms with E-state index in [1.165, 1.54) is 0 Å². The summed E-state index contributed by atoms with van der Waals surface area (Å²) >= 11 is 5.15. The Labute approximate surface area is 115 Å². The molecule has 0 saturated heterocycles. The predicted octanol–water partition coefficient (Wildman–Crippen LogP) is 2.49. The van der Waals surface area contributed by atoms with Crippen molar-refractivity contribution >= 4 is 22.9 Å². The number of anilines is 1. The molecule has 0 atom stereocenters. The third kappa shape index (κ3) is 3.68. The van der Waals surface area contributed by atoms with Crippen LogP contribution in [0.3, 0.4) is 0 Å². The van der Waals surface area contributed by atoms with Crippen LogP contribution in [0.2, 0.25) is 0 Å². The van der Waals surface area contributed by atoms with Crippen LogP contribution in [0, 0.1) is 6.92 Å². The summed E-state index contributed by atoms with van der Waals surface area (Å²) in [6, 6.07) is 6.58. The zero-order valence-corrected chi connectivity index (χ0v) is 12.4. The zero-order valence-electron chi connectivity index (χ0n) is 11.6. The van der Waals surface area contributed by atoms with E-state index in [2.05, 4.69) is 30.9 Å². The number of benzene rings is 1. The highest BCUT2D eigenvalue weighted by molar-refractivity contribution is 7.80. The number of methoxy groups -OCH3 is 1. The SMILES string of the molecule is COCCN(c1ccc(C)cc1C(N)=S)C(C)C. The third-order valence-electron chi connectivity index (χ3n) is 2.89. The fourth-order valence-electron chi connectivity index (χ4n) is 1.94. The number of hydrogen-bond acceptors (Lipinski definition) is 3. The van der Waals surface area contributed by atoms with Gasteiger partial charge in [-0.25, -0.2) is 0 Å². The van der Waals surface area contributed by atoms with Crippen molar-refractivity contribution in [1.82, 2.24) is 0 Å². The van der Waals surface area contributed by atoms with Crippen molar-refractivity contribution in [2.75, 3.05) is 25.2 Å². The molecule has 0 unspecified atom stereocenters. The summed E-state index contributed by atoms with van der Waals surface area (Å²) in [7, 11) is 1.71. The molecule has 0 aliphatic rings. The van der Waals surface area contributed by atoms with Crippen LogP contribution in [0.5, 0.6) is 0 Å². The van der Waals surface area contributed by atoms with Crippen LogP contribution in [-0.4, -0.2) is 31.3 Å². The lowest BCUT2D eigenvalue weighted by Gasteiger charge is -2.30. The molecule has 1 aromatic rings. The lowest BCUT2D eigenvalue weighted by molar-refractivity contribution is 0.204. The maximum absolute atomic E-state index is 5.82. The molecule has 4 heteroatoms. The fourth-order valence-corrected chi connectivity index (χ4v) is 2.11. The van der Waals surface area contributed by atoms with Crippen molar-refractivity contribution < 1.29 is 4.74 Å². The maximum atomic E-state index is 5.82. The van der Waals surface area contributed by atoms with Crippen molar-refractivity contribution in [3.05, 3.63) is 29.3 Å². The lowest BCUT2D eigenvalue weighted by atomic mass is 10.1. The van der Waals surface area contributed by atoms with E-state index >= 15 is 0 Å². The van der Waals surface area contributed by atoms with Crippen LogP contribution in [0.15, 0.2) is 18.2 Å². The molecule has 0 spiro atoms. The van der Waals surface area contributed by atoms with Crippen molar-refractivity contribution in [1.29, 1.82) is 0 Å². The summed E-state index contributed by atoms with van der Waals surface area (Å²) in [5, 5.41) is 0. The van der Waals surface area contributed by atoms with Crippen LogP contribution in [-0.2, 0) is 4.74 Å². The molecule has 1 aromatic carbocycles. The highest BCUT2D eigenvalue weighted by Gasteiger charge is 2.15.